The van der Waals surface area contributed by atoms with Crippen molar-refractivity contribution in [3.8, 4) is 0 Å². The van der Waals surface area contributed by atoms with Crippen LogP contribution >= 0.6 is 0 Å². The summed E-state index contributed by atoms with van der Waals surface area (Å²) >= 11 is 0. The maximum atomic E-state index is 12.7. The van der Waals surface area contributed by atoms with E-state index in [1.165, 1.54) is 11.1 Å². The molecule has 3 rings (SSSR count). The van der Waals surface area contributed by atoms with Crippen LogP contribution in [-0.4, -0.2) is 26.3 Å². The van der Waals surface area contributed by atoms with Gasteiger partial charge in [-0.1, -0.05) is 36.4 Å². The third-order valence-corrected chi connectivity index (χ3v) is 5.19. The van der Waals surface area contributed by atoms with Crippen LogP contribution in [0, 0.1) is 0 Å². The van der Waals surface area contributed by atoms with Gasteiger partial charge in [-0.3, -0.25) is 4.79 Å². The van der Waals surface area contributed by atoms with Crippen LogP contribution in [0.4, 0.5) is 0 Å². The Bertz CT molecular complexity index is 860. The van der Waals surface area contributed by atoms with Crippen molar-refractivity contribution in [2.75, 3.05) is 7.05 Å². The Morgan fingerprint density at radius 1 is 1.17 bits per heavy atom. The maximum absolute atomic E-state index is 12.7. The van der Waals surface area contributed by atoms with Gasteiger partial charge >= 0.3 is 0 Å². The SMILES string of the molecule is CN(C(=O)c1ccc(CS(N)(=O)=O)cc1)[C@@H]1CCc2ccccc21. The summed E-state index contributed by atoms with van der Waals surface area (Å²) in [6, 6.07) is 14.9. The Labute approximate surface area is 142 Å². The van der Waals surface area contributed by atoms with Gasteiger partial charge in [-0.25, -0.2) is 13.6 Å². The van der Waals surface area contributed by atoms with Crippen molar-refractivity contribution in [3.05, 3.63) is 70.8 Å². The number of hydrogen-bond donors (Lipinski definition) is 1. The molecule has 0 radical (unpaired) electrons. The number of hydrogen-bond acceptors (Lipinski definition) is 3. The summed E-state index contributed by atoms with van der Waals surface area (Å²) in [7, 11) is -1.76. The molecule has 0 aromatic heterocycles. The first-order valence-electron chi connectivity index (χ1n) is 7.79. The minimum Gasteiger partial charge on any atom is -0.335 e. The first kappa shape index (κ1) is 16.7. The Kier molecular flexibility index (Phi) is 4.43. The second kappa shape index (κ2) is 6.37. The molecule has 1 aliphatic rings. The zero-order valence-electron chi connectivity index (χ0n) is 13.5. The van der Waals surface area contributed by atoms with Gasteiger partial charge in [0.05, 0.1) is 11.8 Å². The highest BCUT2D eigenvalue weighted by atomic mass is 32.2. The Balaban J connectivity index is 1.77. The summed E-state index contributed by atoms with van der Waals surface area (Å²) in [6.45, 7) is 0. The first-order valence-corrected chi connectivity index (χ1v) is 9.51. The van der Waals surface area contributed by atoms with E-state index < -0.39 is 10.0 Å². The number of benzene rings is 2. The molecule has 2 aromatic carbocycles. The Morgan fingerprint density at radius 2 is 1.83 bits per heavy atom. The fourth-order valence-corrected chi connectivity index (χ4v) is 3.92. The van der Waals surface area contributed by atoms with Crippen LogP contribution in [0.25, 0.3) is 0 Å². The van der Waals surface area contributed by atoms with Gasteiger partial charge in [-0.2, -0.15) is 0 Å². The lowest BCUT2D eigenvalue weighted by molar-refractivity contribution is 0.0730. The summed E-state index contributed by atoms with van der Waals surface area (Å²) in [6.07, 6.45) is 1.90. The van der Waals surface area contributed by atoms with Crippen LogP contribution < -0.4 is 5.14 Å². The van der Waals surface area contributed by atoms with Crippen LogP contribution in [0.1, 0.15) is 39.5 Å². The van der Waals surface area contributed by atoms with E-state index in [0.29, 0.717) is 11.1 Å². The smallest absolute Gasteiger partial charge is 0.254 e. The van der Waals surface area contributed by atoms with Gasteiger partial charge in [0, 0.05) is 12.6 Å². The van der Waals surface area contributed by atoms with Crippen LogP contribution in [0.2, 0.25) is 0 Å². The van der Waals surface area contributed by atoms with E-state index >= 15 is 0 Å². The Morgan fingerprint density at radius 3 is 2.50 bits per heavy atom. The highest BCUT2D eigenvalue weighted by Gasteiger charge is 2.28. The van der Waals surface area contributed by atoms with E-state index in [9.17, 15) is 13.2 Å². The van der Waals surface area contributed by atoms with Gasteiger partial charge in [-0.05, 0) is 41.7 Å². The summed E-state index contributed by atoms with van der Waals surface area (Å²) in [5.41, 5.74) is 3.62. The van der Waals surface area contributed by atoms with Crippen LogP contribution in [-0.2, 0) is 22.2 Å². The molecular formula is C18H20N2O3S. The number of sulfonamides is 1. The van der Waals surface area contributed by atoms with Crippen molar-refractivity contribution in [1.82, 2.24) is 4.90 Å². The molecule has 0 saturated carbocycles. The molecular weight excluding hydrogens is 324 g/mol. The maximum Gasteiger partial charge on any atom is 0.254 e. The fraction of sp³-hybridized carbons (Fsp3) is 0.278. The molecule has 0 fully saturated rings. The number of nitrogens with zero attached hydrogens (tertiary/aromatic N) is 1. The minimum absolute atomic E-state index is 0.0705. The highest BCUT2D eigenvalue weighted by molar-refractivity contribution is 7.88. The number of amides is 1. The van der Waals surface area contributed by atoms with Gasteiger partial charge < -0.3 is 4.90 Å². The summed E-state index contributed by atoms with van der Waals surface area (Å²) in [4.78, 5) is 14.5. The number of primary sulfonamides is 1. The molecule has 24 heavy (non-hydrogen) atoms. The molecule has 0 saturated heterocycles. The standard InChI is InChI=1S/C18H20N2O3S/c1-20(17-11-10-14-4-2-3-5-16(14)17)18(21)15-8-6-13(7-9-15)12-24(19,22)23/h2-9,17H,10-12H2,1H3,(H2,19,22,23)/t17-/m1/s1. The topological polar surface area (TPSA) is 80.5 Å². The predicted molar refractivity (Wildman–Crippen MR) is 92.9 cm³/mol. The summed E-state index contributed by atoms with van der Waals surface area (Å²) < 4.78 is 22.2. The average Bonchev–Trinajstić information content (AvgIpc) is 2.97. The van der Waals surface area contributed by atoms with Gasteiger partial charge in [0.1, 0.15) is 0 Å². The Hall–Kier alpha value is -2.18. The third-order valence-electron chi connectivity index (χ3n) is 4.46. The molecule has 2 aromatic rings. The lowest BCUT2D eigenvalue weighted by atomic mass is 10.1. The molecule has 0 unspecified atom stereocenters. The number of aryl methyl sites for hydroxylation is 1. The molecule has 5 nitrogen and oxygen atoms in total. The van der Waals surface area contributed by atoms with Gasteiger partial charge in [0.15, 0.2) is 0 Å². The van der Waals surface area contributed by atoms with E-state index in [0.717, 1.165) is 12.8 Å². The lowest BCUT2D eigenvalue weighted by Gasteiger charge is -2.25. The van der Waals surface area contributed by atoms with E-state index in [4.69, 9.17) is 5.14 Å². The lowest BCUT2D eigenvalue weighted by Crippen LogP contribution is -2.30. The number of rotatable bonds is 4. The van der Waals surface area contributed by atoms with Gasteiger partial charge in [-0.15, -0.1) is 0 Å². The zero-order valence-corrected chi connectivity index (χ0v) is 14.3. The van der Waals surface area contributed by atoms with Crippen molar-refractivity contribution in [3.63, 3.8) is 0 Å². The monoisotopic (exact) mass is 344 g/mol. The quantitative estimate of drug-likeness (QED) is 0.923. The van der Waals surface area contributed by atoms with Gasteiger partial charge in [0.2, 0.25) is 10.0 Å². The minimum atomic E-state index is -3.57. The number of fused-ring (bicyclic) bond motifs is 1. The molecule has 0 aliphatic heterocycles. The average molecular weight is 344 g/mol. The van der Waals surface area contributed by atoms with Crippen molar-refractivity contribution in [2.45, 2.75) is 24.6 Å². The molecule has 1 atom stereocenters. The normalized spacial score (nSPS) is 16.7. The second-order valence-corrected chi connectivity index (χ2v) is 7.79. The van der Waals surface area contributed by atoms with Gasteiger partial charge in [0.25, 0.3) is 5.91 Å². The molecule has 1 amide bonds. The van der Waals surface area contributed by atoms with Crippen molar-refractivity contribution in [2.24, 2.45) is 5.14 Å². The number of carbonyl (C=O) groups excluding carboxylic acids is 1. The zero-order chi connectivity index (χ0) is 17.3. The van der Waals surface area contributed by atoms with Crippen LogP contribution in [0.5, 0.6) is 0 Å². The molecule has 126 valence electrons. The highest BCUT2D eigenvalue weighted by Crippen LogP contribution is 2.35. The summed E-state index contributed by atoms with van der Waals surface area (Å²) in [5.74, 6) is -0.299. The largest absolute Gasteiger partial charge is 0.335 e. The van der Waals surface area contributed by atoms with Crippen molar-refractivity contribution in [1.29, 1.82) is 0 Å². The van der Waals surface area contributed by atoms with E-state index in [1.807, 2.05) is 19.2 Å². The molecule has 2 N–H and O–H groups in total. The van der Waals surface area contributed by atoms with Crippen molar-refractivity contribution >= 4 is 15.9 Å². The second-order valence-electron chi connectivity index (χ2n) is 6.17. The predicted octanol–water partition coefficient (Wildman–Crippen LogP) is 2.23. The third kappa shape index (κ3) is 3.49. The first-order chi connectivity index (χ1) is 11.3. The number of carbonyl (C=O) groups is 1. The molecule has 0 spiro atoms. The fourth-order valence-electron chi connectivity index (χ4n) is 3.26. The molecule has 6 heteroatoms. The molecule has 0 heterocycles. The van der Waals surface area contributed by atoms with Crippen molar-refractivity contribution < 1.29 is 13.2 Å². The number of nitrogens with two attached hydrogens (primary N) is 1. The van der Waals surface area contributed by atoms with Crippen LogP contribution in [0.15, 0.2) is 48.5 Å². The van der Waals surface area contributed by atoms with E-state index in [-0.39, 0.29) is 17.7 Å². The van der Waals surface area contributed by atoms with Crippen LogP contribution in [0.3, 0.4) is 0 Å². The molecule has 1 aliphatic carbocycles. The summed E-state index contributed by atoms with van der Waals surface area (Å²) in [5, 5.41) is 5.04. The van der Waals surface area contributed by atoms with E-state index in [1.54, 1.807) is 29.2 Å². The molecule has 0 bridgehead atoms. The van der Waals surface area contributed by atoms with E-state index in [2.05, 4.69) is 12.1 Å².